The van der Waals surface area contributed by atoms with Crippen LogP contribution in [0.15, 0.2) is 30.5 Å². The number of aromatic hydroxyl groups is 1. The van der Waals surface area contributed by atoms with E-state index < -0.39 is 5.91 Å². The minimum atomic E-state index is -0.433. The van der Waals surface area contributed by atoms with Crippen LogP contribution < -0.4 is 11.1 Å². The van der Waals surface area contributed by atoms with Crippen molar-refractivity contribution in [3.05, 3.63) is 46.1 Å². The van der Waals surface area contributed by atoms with Crippen LogP contribution in [0.2, 0.25) is 10.0 Å². The van der Waals surface area contributed by atoms with E-state index in [1.165, 1.54) is 18.3 Å². The van der Waals surface area contributed by atoms with Gasteiger partial charge in [0, 0.05) is 11.8 Å². The number of nitrogen functional groups attached to an aromatic ring is 1. The first-order valence-electron chi connectivity index (χ1n) is 7.37. The number of aromatic nitrogens is 2. The Bertz CT molecular complexity index is 1050. The Morgan fingerprint density at radius 3 is 2.65 bits per heavy atom. The number of nitrogens with one attached hydrogen (secondary N) is 1. The predicted molar refractivity (Wildman–Crippen MR) is 102 cm³/mol. The maximum Gasteiger partial charge on any atom is 0.255 e. The van der Waals surface area contributed by atoms with Crippen molar-refractivity contribution in [3.63, 3.8) is 0 Å². The molecule has 26 heavy (non-hydrogen) atoms. The Morgan fingerprint density at radius 1 is 1.31 bits per heavy atom. The molecule has 2 heterocycles. The van der Waals surface area contributed by atoms with E-state index in [-0.39, 0.29) is 33.6 Å². The Labute approximate surface area is 159 Å². The van der Waals surface area contributed by atoms with Gasteiger partial charge in [0.15, 0.2) is 5.75 Å². The lowest BCUT2D eigenvalue weighted by atomic mass is 10.1. The van der Waals surface area contributed by atoms with E-state index in [4.69, 9.17) is 35.4 Å². The van der Waals surface area contributed by atoms with Crippen LogP contribution >= 0.6 is 23.2 Å². The van der Waals surface area contributed by atoms with Gasteiger partial charge in [-0.2, -0.15) is 0 Å². The Kier molecular flexibility index (Phi) is 4.85. The maximum atomic E-state index is 12.1. The lowest BCUT2D eigenvalue weighted by molar-refractivity contribution is 0.0959. The number of halogens is 2. The molecule has 0 bridgehead atoms. The highest BCUT2D eigenvalue weighted by atomic mass is 35.5. The summed E-state index contributed by atoms with van der Waals surface area (Å²) in [5.74, 6) is 1.68. The average Bonchev–Trinajstić information content (AvgIpc) is 2.64. The number of amides is 1. The molecule has 0 fully saturated rings. The number of benzene rings is 1. The van der Waals surface area contributed by atoms with Gasteiger partial charge in [0.1, 0.15) is 5.52 Å². The standard InChI is InChI=1S/C18H12Cl2N4O2/c1-2-5-22-18(26)10-8-23-14-4-3-13(24-16(14)15(10)21)9-6-11(19)17(25)12(20)7-9/h1,3-4,6-8,25H,5H2,(H2,21,23)(H,22,26). The van der Waals surface area contributed by atoms with Gasteiger partial charge in [-0.1, -0.05) is 29.1 Å². The van der Waals surface area contributed by atoms with E-state index in [1.807, 2.05) is 0 Å². The zero-order chi connectivity index (χ0) is 18.8. The van der Waals surface area contributed by atoms with Gasteiger partial charge < -0.3 is 16.2 Å². The van der Waals surface area contributed by atoms with Crippen LogP contribution in [0.5, 0.6) is 5.75 Å². The van der Waals surface area contributed by atoms with E-state index in [0.29, 0.717) is 22.3 Å². The van der Waals surface area contributed by atoms with E-state index >= 15 is 0 Å². The number of phenols is 1. The molecule has 2 aromatic heterocycles. The lowest BCUT2D eigenvalue weighted by Crippen LogP contribution is -2.24. The molecule has 0 radical (unpaired) electrons. The van der Waals surface area contributed by atoms with Crippen molar-refractivity contribution < 1.29 is 9.90 Å². The number of phenolic OH excluding ortho intramolecular Hbond substituents is 1. The Balaban J connectivity index is 2.12. The molecule has 0 aliphatic heterocycles. The molecule has 0 aliphatic rings. The fourth-order valence-corrected chi connectivity index (χ4v) is 2.85. The van der Waals surface area contributed by atoms with Crippen molar-refractivity contribution in [3.8, 4) is 29.4 Å². The molecule has 0 atom stereocenters. The minimum Gasteiger partial charge on any atom is -0.505 e. The van der Waals surface area contributed by atoms with Crippen molar-refractivity contribution in [1.82, 2.24) is 15.3 Å². The number of carbonyl (C=O) groups excluding carboxylic acids is 1. The van der Waals surface area contributed by atoms with E-state index in [2.05, 4.69) is 21.2 Å². The summed E-state index contributed by atoms with van der Waals surface area (Å²) in [5.41, 5.74) is 8.45. The molecular weight excluding hydrogens is 375 g/mol. The number of fused-ring (bicyclic) bond motifs is 1. The number of carbonyl (C=O) groups is 1. The monoisotopic (exact) mass is 386 g/mol. The van der Waals surface area contributed by atoms with Crippen molar-refractivity contribution in [2.24, 2.45) is 0 Å². The third kappa shape index (κ3) is 3.23. The quantitative estimate of drug-likeness (QED) is 0.599. The highest BCUT2D eigenvalue weighted by molar-refractivity contribution is 6.37. The first-order valence-corrected chi connectivity index (χ1v) is 8.13. The summed E-state index contributed by atoms with van der Waals surface area (Å²) in [4.78, 5) is 20.8. The SMILES string of the molecule is C#CCNC(=O)c1cnc2ccc(-c3cc(Cl)c(O)c(Cl)c3)nc2c1N. The molecule has 0 aliphatic carbocycles. The molecular formula is C18H12Cl2N4O2. The van der Waals surface area contributed by atoms with Gasteiger partial charge in [-0.3, -0.25) is 9.78 Å². The molecule has 3 rings (SSSR count). The summed E-state index contributed by atoms with van der Waals surface area (Å²) in [5, 5.41) is 12.4. The highest BCUT2D eigenvalue weighted by Gasteiger charge is 2.15. The molecule has 3 aromatic rings. The molecule has 1 aromatic carbocycles. The van der Waals surface area contributed by atoms with Crippen LogP contribution in [0.4, 0.5) is 5.69 Å². The first kappa shape index (κ1) is 17.8. The lowest BCUT2D eigenvalue weighted by Gasteiger charge is -2.10. The van der Waals surface area contributed by atoms with Gasteiger partial charge in [-0.25, -0.2) is 4.98 Å². The second-order valence-corrected chi connectivity index (χ2v) is 6.14. The van der Waals surface area contributed by atoms with Crippen LogP contribution in [-0.2, 0) is 0 Å². The van der Waals surface area contributed by atoms with E-state index in [9.17, 15) is 9.90 Å². The molecule has 8 heteroatoms. The van der Waals surface area contributed by atoms with Crippen LogP contribution in [0.25, 0.3) is 22.3 Å². The molecule has 4 N–H and O–H groups in total. The summed E-state index contributed by atoms with van der Waals surface area (Å²) in [6.45, 7) is 0.0777. The molecule has 6 nitrogen and oxygen atoms in total. The molecule has 0 spiro atoms. The van der Waals surface area contributed by atoms with Gasteiger partial charge in [0.25, 0.3) is 5.91 Å². The van der Waals surface area contributed by atoms with Crippen molar-refractivity contribution in [1.29, 1.82) is 0 Å². The number of pyridine rings is 2. The van der Waals surface area contributed by atoms with Crippen molar-refractivity contribution >= 4 is 45.8 Å². The number of rotatable bonds is 3. The molecule has 1 amide bonds. The van der Waals surface area contributed by atoms with Crippen LogP contribution in [0.1, 0.15) is 10.4 Å². The summed E-state index contributed by atoms with van der Waals surface area (Å²) >= 11 is 11.9. The smallest absolute Gasteiger partial charge is 0.255 e. The third-order valence-electron chi connectivity index (χ3n) is 3.66. The van der Waals surface area contributed by atoms with Gasteiger partial charge >= 0.3 is 0 Å². The average molecular weight is 387 g/mol. The molecule has 0 saturated heterocycles. The molecule has 130 valence electrons. The molecule has 0 saturated carbocycles. The van der Waals surface area contributed by atoms with Crippen LogP contribution in [0, 0.1) is 12.3 Å². The van der Waals surface area contributed by atoms with E-state index in [1.54, 1.807) is 12.1 Å². The third-order valence-corrected chi connectivity index (χ3v) is 4.24. The van der Waals surface area contributed by atoms with Crippen molar-refractivity contribution in [2.45, 2.75) is 0 Å². The zero-order valence-corrected chi connectivity index (χ0v) is 14.8. The predicted octanol–water partition coefficient (Wildman–Crippen LogP) is 3.25. The van der Waals surface area contributed by atoms with Gasteiger partial charge in [-0.15, -0.1) is 6.42 Å². The topological polar surface area (TPSA) is 101 Å². The number of nitrogens with two attached hydrogens (primary N) is 1. The summed E-state index contributed by atoms with van der Waals surface area (Å²) in [6.07, 6.45) is 6.51. The molecule has 0 unspecified atom stereocenters. The van der Waals surface area contributed by atoms with Gasteiger partial charge in [0.2, 0.25) is 0 Å². The Morgan fingerprint density at radius 2 is 2.00 bits per heavy atom. The fraction of sp³-hybridized carbons (Fsp3) is 0.0556. The largest absolute Gasteiger partial charge is 0.505 e. The van der Waals surface area contributed by atoms with Crippen LogP contribution in [0.3, 0.4) is 0 Å². The number of anilines is 1. The minimum absolute atomic E-state index is 0.0777. The fourth-order valence-electron chi connectivity index (χ4n) is 2.37. The number of terminal acetylenes is 1. The highest BCUT2D eigenvalue weighted by Crippen LogP contribution is 2.36. The number of hydrogen-bond acceptors (Lipinski definition) is 5. The maximum absolute atomic E-state index is 12.1. The summed E-state index contributed by atoms with van der Waals surface area (Å²) in [7, 11) is 0. The van der Waals surface area contributed by atoms with Crippen molar-refractivity contribution in [2.75, 3.05) is 12.3 Å². The second-order valence-electron chi connectivity index (χ2n) is 5.33. The van der Waals surface area contributed by atoms with Gasteiger partial charge in [0.05, 0.1) is 39.1 Å². The van der Waals surface area contributed by atoms with E-state index in [0.717, 1.165) is 0 Å². The summed E-state index contributed by atoms with van der Waals surface area (Å²) in [6, 6.07) is 6.49. The first-order chi connectivity index (χ1) is 12.4. The van der Waals surface area contributed by atoms with Gasteiger partial charge in [-0.05, 0) is 24.3 Å². The summed E-state index contributed by atoms with van der Waals surface area (Å²) < 4.78 is 0. The Hall–Kier alpha value is -3.01. The number of hydrogen-bond donors (Lipinski definition) is 3. The number of nitrogens with zero attached hydrogens (tertiary/aromatic N) is 2. The zero-order valence-electron chi connectivity index (χ0n) is 13.3. The normalized spacial score (nSPS) is 10.5. The van der Waals surface area contributed by atoms with Crippen LogP contribution in [-0.4, -0.2) is 27.5 Å². The second kappa shape index (κ2) is 7.08.